The number of carbonyl (C=O) groups is 5. The van der Waals surface area contributed by atoms with Gasteiger partial charge in [-0.2, -0.15) is 13.2 Å². The van der Waals surface area contributed by atoms with Gasteiger partial charge in [0.15, 0.2) is 11.6 Å². The van der Waals surface area contributed by atoms with Crippen LogP contribution in [0.3, 0.4) is 0 Å². The first kappa shape index (κ1) is 34.1. The van der Waals surface area contributed by atoms with Gasteiger partial charge in [-0.05, 0) is 49.2 Å². The van der Waals surface area contributed by atoms with Gasteiger partial charge in [0.05, 0.1) is 30.5 Å². The van der Waals surface area contributed by atoms with Gasteiger partial charge in [0.2, 0.25) is 11.8 Å². The molecule has 0 aliphatic rings. The van der Waals surface area contributed by atoms with Crippen LogP contribution in [0.4, 0.5) is 13.2 Å². The third-order valence-corrected chi connectivity index (χ3v) is 6.33. The lowest BCUT2D eigenvalue weighted by Gasteiger charge is -2.25. The Bertz CT molecular complexity index is 1350. The highest BCUT2D eigenvalue weighted by Gasteiger charge is 2.33. The lowest BCUT2D eigenvalue weighted by Crippen LogP contribution is -2.54. The molecule has 0 heterocycles. The van der Waals surface area contributed by atoms with Gasteiger partial charge in [0, 0.05) is 11.1 Å². The molecule has 2 rings (SSSR count). The van der Waals surface area contributed by atoms with Gasteiger partial charge in [-0.25, -0.2) is 0 Å². The summed E-state index contributed by atoms with van der Waals surface area (Å²) < 4.78 is 49.5. The molecule has 2 aromatic rings. The monoisotopic (exact) mass is 614 g/mol. The van der Waals surface area contributed by atoms with Gasteiger partial charge in [0.25, 0.3) is 0 Å². The summed E-state index contributed by atoms with van der Waals surface area (Å²) in [5, 5.41) is 13.9. The van der Waals surface area contributed by atoms with Crippen molar-refractivity contribution in [3.8, 4) is 11.5 Å². The predicted molar refractivity (Wildman–Crippen MR) is 145 cm³/mol. The molecule has 3 N–H and O–H groups in total. The van der Waals surface area contributed by atoms with E-state index in [0.717, 1.165) is 12.1 Å². The summed E-state index contributed by atoms with van der Waals surface area (Å²) >= 11 is 5.87. The number of nitrogens with one attached hydrogen (secondary N) is 2. The standard InChI is InChI=1S/C28H30ClF3N2O8/c1-14(2)26(34-24(37)10-17-9-16(15(3)35)5-8-22(17)41-4)27(40)33-20(12-25(38)39)21(36)13-42-23-11-18(28(30,31)32)6-7-19(23)29/h5-9,11,14,20,26H,10,12-13H2,1-4H3,(H,33,40)(H,34,37)(H,38,39)/t20?,26-/m0/s1. The average Bonchev–Trinajstić information content (AvgIpc) is 2.89. The van der Waals surface area contributed by atoms with Crippen LogP contribution < -0.4 is 20.1 Å². The highest BCUT2D eigenvalue weighted by molar-refractivity contribution is 6.32. The Kier molecular flexibility index (Phi) is 11.9. The molecule has 14 heteroatoms. The van der Waals surface area contributed by atoms with E-state index >= 15 is 0 Å². The van der Waals surface area contributed by atoms with E-state index in [1.807, 2.05) is 0 Å². The zero-order valence-electron chi connectivity index (χ0n) is 23.1. The predicted octanol–water partition coefficient (Wildman–Crippen LogP) is 3.86. The van der Waals surface area contributed by atoms with E-state index in [2.05, 4.69) is 10.6 Å². The van der Waals surface area contributed by atoms with Gasteiger partial charge >= 0.3 is 12.1 Å². The number of hydrogen-bond donors (Lipinski definition) is 3. The fourth-order valence-corrected chi connectivity index (χ4v) is 3.96. The van der Waals surface area contributed by atoms with E-state index in [4.69, 9.17) is 21.1 Å². The van der Waals surface area contributed by atoms with E-state index in [9.17, 15) is 42.3 Å². The lowest BCUT2D eigenvalue weighted by atomic mass is 10.0. The lowest BCUT2D eigenvalue weighted by molar-refractivity contribution is -0.141. The molecule has 0 spiro atoms. The number of amides is 2. The number of hydrogen-bond acceptors (Lipinski definition) is 7. The molecular weight excluding hydrogens is 585 g/mol. The Morgan fingerprint density at radius 1 is 1.00 bits per heavy atom. The second kappa shape index (κ2) is 14.7. The third-order valence-electron chi connectivity index (χ3n) is 6.02. The highest BCUT2D eigenvalue weighted by Crippen LogP contribution is 2.35. The Labute approximate surface area is 244 Å². The molecule has 2 amide bonds. The molecule has 2 atom stereocenters. The van der Waals surface area contributed by atoms with Crippen molar-refractivity contribution in [3.05, 3.63) is 58.1 Å². The van der Waals surface area contributed by atoms with Crippen molar-refractivity contribution in [1.82, 2.24) is 10.6 Å². The fraction of sp³-hybridized carbons (Fsp3) is 0.393. The van der Waals surface area contributed by atoms with Crippen LogP contribution in [-0.4, -0.2) is 60.3 Å². The minimum absolute atomic E-state index is 0.220. The summed E-state index contributed by atoms with van der Waals surface area (Å²) in [5.74, 6) is -4.77. The van der Waals surface area contributed by atoms with Crippen LogP contribution in [0.25, 0.3) is 0 Å². The average molecular weight is 615 g/mol. The van der Waals surface area contributed by atoms with Crippen molar-refractivity contribution < 1.29 is 51.7 Å². The highest BCUT2D eigenvalue weighted by atomic mass is 35.5. The maximum absolute atomic E-state index is 13.1. The molecule has 42 heavy (non-hydrogen) atoms. The molecule has 2 aromatic carbocycles. The fourth-order valence-electron chi connectivity index (χ4n) is 3.79. The quantitative estimate of drug-likeness (QED) is 0.272. The second-order valence-corrected chi connectivity index (χ2v) is 10.0. The molecule has 10 nitrogen and oxygen atoms in total. The first-order valence-electron chi connectivity index (χ1n) is 12.5. The van der Waals surface area contributed by atoms with Gasteiger partial charge in [-0.3, -0.25) is 24.0 Å². The van der Waals surface area contributed by atoms with E-state index in [1.165, 1.54) is 32.2 Å². The van der Waals surface area contributed by atoms with Crippen LogP contribution in [0.1, 0.15) is 48.7 Å². The summed E-state index contributed by atoms with van der Waals surface area (Å²) in [6.07, 6.45) is -5.83. The Balaban J connectivity index is 2.16. The van der Waals surface area contributed by atoms with Gasteiger partial charge in [-0.15, -0.1) is 0 Å². The molecule has 228 valence electrons. The van der Waals surface area contributed by atoms with Crippen LogP contribution >= 0.6 is 11.6 Å². The number of carboxylic acid groups (broad SMARTS) is 1. The number of carbonyl (C=O) groups excluding carboxylic acids is 4. The van der Waals surface area contributed by atoms with Crippen LogP contribution in [0.15, 0.2) is 36.4 Å². The first-order valence-corrected chi connectivity index (χ1v) is 12.9. The van der Waals surface area contributed by atoms with Crippen molar-refractivity contribution in [3.63, 3.8) is 0 Å². The van der Waals surface area contributed by atoms with Gasteiger partial charge < -0.3 is 25.2 Å². The van der Waals surface area contributed by atoms with Crippen LogP contribution in [0.2, 0.25) is 5.02 Å². The molecule has 0 aliphatic heterocycles. The van der Waals surface area contributed by atoms with Crippen LogP contribution in [0.5, 0.6) is 11.5 Å². The van der Waals surface area contributed by atoms with Gasteiger partial charge in [0.1, 0.15) is 30.2 Å². The topological polar surface area (TPSA) is 148 Å². The Hall–Kier alpha value is -4.13. The largest absolute Gasteiger partial charge is 0.496 e. The van der Waals surface area contributed by atoms with Crippen LogP contribution in [0, 0.1) is 5.92 Å². The van der Waals surface area contributed by atoms with E-state index in [0.29, 0.717) is 22.9 Å². The van der Waals surface area contributed by atoms with Crippen LogP contribution in [-0.2, 0) is 31.8 Å². The number of carboxylic acids is 1. The number of rotatable bonds is 14. The zero-order valence-corrected chi connectivity index (χ0v) is 23.9. The Morgan fingerprint density at radius 3 is 2.21 bits per heavy atom. The molecule has 0 saturated heterocycles. The molecular formula is C28H30ClF3N2O8. The van der Waals surface area contributed by atoms with Crippen molar-refractivity contribution >= 4 is 41.0 Å². The van der Waals surface area contributed by atoms with Crippen molar-refractivity contribution in [2.45, 2.75) is 51.9 Å². The van der Waals surface area contributed by atoms with Crippen molar-refractivity contribution in [2.24, 2.45) is 5.92 Å². The van der Waals surface area contributed by atoms with E-state index < -0.39 is 72.1 Å². The summed E-state index contributed by atoms with van der Waals surface area (Å²) in [6.45, 7) is 3.67. The maximum atomic E-state index is 13.1. The molecule has 1 unspecified atom stereocenters. The number of benzene rings is 2. The summed E-state index contributed by atoms with van der Waals surface area (Å²) in [7, 11) is 1.39. The summed E-state index contributed by atoms with van der Waals surface area (Å²) in [4.78, 5) is 61.9. The summed E-state index contributed by atoms with van der Waals surface area (Å²) in [6, 6.07) is 3.96. The number of halogens is 4. The molecule has 0 aliphatic carbocycles. The van der Waals surface area contributed by atoms with Crippen molar-refractivity contribution in [2.75, 3.05) is 13.7 Å². The third kappa shape index (κ3) is 9.75. The molecule has 0 aromatic heterocycles. The minimum Gasteiger partial charge on any atom is -0.496 e. The first-order chi connectivity index (χ1) is 19.5. The van der Waals surface area contributed by atoms with E-state index in [-0.39, 0.29) is 17.2 Å². The number of Topliss-reactive ketones (excluding diaryl/α,β-unsaturated/α-hetero) is 2. The van der Waals surface area contributed by atoms with Gasteiger partial charge in [-0.1, -0.05) is 25.4 Å². The zero-order chi connectivity index (χ0) is 31.8. The second-order valence-electron chi connectivity index (χ2n) is 9.61. The van der Waals surface area contributed by atoms with Crippen molar-refractivity contribution in [1.29, 1.82) is 0 Å². The number of aliphatic carboxylic acids is 1. The summed E-state index contributed by atoms with van der Waals surface area (Å²) in [5.41, 5.74) is -0.346. The molecule has 0 radical (unpaired) electrons. The SMILES string of the molecule is COc1ccc(C(C)=O)cc1CC(=O)N[C@H](C(=O)NC(CC(=O)O)C(=O)COc1cc(C(F)(F)F)ccc1Cl)C(C)C. The maximum Gasteiger partial charge on any atom is 0.416 e. The number of methoxy groups -OCH3 is 1. The number of ether oxygens (including phenoxy) is 2. The van der Waals surface area contributed by atoms with E-state index in [1.54, 1.807) is 13.8 Å². The number of alkyl halides is 3. The molecule has 0 bridgehead atoms. The smallest absolute Gasteiger partial charge is 0.416 e. The molecule has 0 fully saturated rings. The normalized spacial score (nSPS) is 12.7. The minimum atomic E-state index is -4.70. The number of ketones is 2. The Morgan fingerprint density at radius 2 is 1.67 bits per heavy atom. The molecule has 0 saturated carbocycles.